The lowest BCUT2D eigenvalue weighted by Crippen LogP contribution is -2.24. The molecule has 6 nitrogen and oxygen atoms in total. The number of carbonyl (C=O) groups excluding carboxylic acids is 1. The minimum Gasteiger partial charge on any atom is -0.481 e. The number of amides is 1. The van der Waals surface area contributed by atoms with E-state index in [1.165, 1.54) is 6.20 Å². The summed E-state index contributed by atoms with van der Waals surface area (Å²) in [7, 11) is 0. The summed E-state index contributed by atoms with van der Waals surface area (Å²) < 4.78 is 0. The average molecular weight is 263 g/mol. The predicted molar refractivity (Wildman–Crippen MR) is 69.7 cm³/mol. The van der Waals surface area contributed by atoms with Crippen molar-refractivity contribution in [2.75, 3.05) is 11.9 Å². The third-order valence-electron chi connectivity index (χ3n) is 3.57. The Morgan fingerprint density at radius 2 is 2.21 bits per heavy atom. The number of aromatic nitrogens is 1. The van der Waals surface area contributed by atoms with Gasteiger partial charge in [-0.25, -0.2) is 4.98 Å². The minimum atomic E-state index is -0.721. The highest BCUT2D eigenvalue weighted by atomic mass is 16.4. The fourth-order valence-corrected chi connectivity index (χ4v) is 2.49. The van der Waals surface area contributed by atoms with E-state index in [1.807, 2.05) is 0 Å². The number of anilines is 1. The maximum Gasteiger partial charge on any atom is 0.306 e. The van der Waals surface area contributed by atoms with Gasteiger partial charge in [0.05, 0.1) is 11.5 Å². The van der Waals surface area contributed by atoms with Crippen molar-refractivity contribution < 1.29 is 14.7 Å². The van der Waals surface area contributed by atoms with Crippen LogP contribution in [0.5, 0.6) is 0 Å². The number of pyridine rings is 1. The molecule has 2 unspecified atom stereocenters. The number of rotatable bonds is 5. The van der Waals surface area contributed by atoms with Crippen LogP contribution in [0.3, 0.4) is 0 Å². The van der Waals surface area contributed by atoms with Gasteiger partial charge in [-0.3, -0.25) is 9.59 Å². The van der Waals surface area contributed by atoms with Gasteiger partial charge < -0.3 is 16.2 Å². The maximum absolute atomic E-state index is 11.0. The van der Waals surface area contributed by atoms with E-state index in [4.69, 9.17) is 10.8 Å². The monoisotopic (exact) mass is 263 g/mol. The van der Waals surface area contributed by atoms with Gasteiger partial charge >= 0.3 is 5.97 Å². The molecular formula is C13H17N3O3. The summed E-state index contributed by atoms with van der Waals surface area (Å²) in [5.74, 6) is -0.740. The molecule has 2 atom stereocenters. The molecule has 0 aliphatic heterocycles. The van der Waals surface area contributed by atoms with E-state index < -0.39 is 11.9 Å². The second-order valence-electron chi connectivity index (χ2n) is 4.81. The van der Waals surface area contributed by atoms with Gasteiger partial charge in [-0.1, -0.05) is 6.42 Å². The van der Waals surface area contributed by atoms with Crippen molar-refractivity contribution in [3.8, 4) is 0 Å². The Bertz CT molecular complexity index is 473. The molecule has 0 spiro atoms. The first-order valence-electron chi connectivity index (χ1n) is 6.30. The van der Waals surface area contributed by atoms with E-state index in [2.05, 4.69) is 10.3 Å². The van der Waals surface area contributed by atoms with E-state index in [0.717, 1.165) is 19.3 Å². The van der Waals surface area contributed by atoms with Crippen LogP contribution in [-0.2, 0) is 4.79 Å². The van der Waals surface area contributed by atoms with Crippen molar-refractivity contribution in [2.24, 2.45) is 17.6 Å². The molecule has 2 rings (SSSR count). The number of nitrogens with two attached hydrogens (primary N) is 1. The molecule has 0 bridgehead atoms. The van der Waals surface area contributed by atoms with Crippen LogP contribution in [0.4, 0.5) is 5.82 Å². The average Bonchev–Trinajstić information content (AvgIpc) is 2.85. The molecule has 0 radical (unpaired) electrons. The number of carboxylic acid groups (broad SMARTS) is 1. The highest BCUT2D eigenvalue weighted by molar-refractivity contribution is 5.92. The molecule has 1 aromatic heterocycles. The first-order chi connectivity index (χ1) is 9.08. The molecule has 19 heavy (non-hydrogen) atoms. The summed E-state index contributed by atoms with van der Waals surface area (Å²) in [5, 5.41) is 12.2. The molecule has 1 aliphatic rings. The van der Waals surface area contributed by atoms with Gasteiger partial charge in [0.15, 0.2) is 0 Å². The van der Waals surface area contributed by atoms with Crippen LogP contribution in [0, 0.1) is 11.8 Å². The first-order valence-corrected chi connectivity index (χ1v) is 6.30. The smallest absolute Gasteiger partial charge is 0.306 e. The molecule has 102 valence electrons. The minimum absolute atomic E-state index is 0.134. The highest BCUT2D eigenvalue weighted by Crippen LogP contribution is 2.31. The Morgan fingerprint density at radius 3 is 2.79 bits per heavy atom. The van der Waals surface area contributed by atoms with Gasteiger partial charge in [0.1, 0.15) is 5.82 Å². The molecule has 6 heteroatoms. The molecular weight excluding hydrogens is 246 g/mol. The van der Waals surface area contributed by atoms with Crippen LogP contribution in [0.15, 0.2) is 18.3 Å². The lowest BCUT2D eigenvalue weighted by atomic mass is 9.96. The normalized spacial score (nSPS) is 22.1. The number of nitrogens with one attached hydrogen (secondary N) is 1. The Morgan fingerprint density at radius 1 is 1.42 bits per heavy atom. The predicted octanol–water partition coefficient (Wildman–Crippen LogP) is 1.09. The number of hydrogen-bond acceptors (Lipinski definition) is 4. The van der Waals surface area contributed by atoms with Crippen LogP contribution in [-0.4, -0.2) is 28.5 Å². The molecule has 1 heterocycles. The van der Waals surface area contributed by atoms with Gasteiger partial charge in [0.25, 0.3) is 0 Å². The number of hydrogen-bond donors (Lipinski definition) is 3. The zero-order valence-electron chi connectivity index (χ0n) is 10.5. The number of primary amides is 1. The number of aliphatic carboxylic acids is 1. The van der Waals surface area contributed by atoms with Crippen molar-refractivity contribution in [3.63, 3.8) is 0 Å². The number of carbonyl (C=O) groups is 2. The third kappa shape index (κ3) is 3.21. The van der Waals surface area contributed by atoms with E-state index in [1.54, 1.807) is 12.1 Å². The number of carboxylic acids is 1. The van der Waals surface area contributed by atoms with Gasteiger partial charge in [-0.15, -0.1) is 0 Å². The number of nitrogens with zero attached hydrogens (tertiary/aromatic N) is 1. The lowest BCUT2D eigenvalue weighted by Gasteiger charge is -2.16. The summed E-state index contributed by atoms with van der Waals surface area (Å²) >= 11 is 0. The Hall–Kier alpha value is -2.11. The Balaban J connectivity index is 1.91. The fourth-order valence-electron chi connectivity index (χ4n) is 2.49. The van der Waals surface area contributed by atoms with E-state index >= 15 is 0 Å². The summed E-state index contributed by atoms with van der Waals surface area (Å²) in [6.45, 7) is 0.583. The van der Waals surface area contributed by atoms with Crippen LogP contribution in [0.25, 0.3) is 0 Å². The Kier molecular flexibility index (Phi) is 3.99. The quantitative estimate of drug-likeness (QED) is 0.737. The van der Waals surface area contributed by atoms with Gasteiger partial charge in [0.2, 0.25) is 5.91 Å². The van der Waals surface area contributed by atoms with Gasteiger partial charge in [0, 0.05) is 12.7 Å². The molecule has 1 amide bonds. The zero-order chi connectivity index (χ0) is 13.8. The van der Waals surface area contributed by atoms with Gasteiger partial charge in [-0.2, -0.15) is 0 Å². The summed E-state index contributed by atoms with van der Waals surface area (Å²) in [6, 6.07) is 3.27. The molecule has 1 fully saturated rings. The second-order valence-corrected chi connectivity index (χ2v) is 4.81. The topological polar surface area (TPSA) is 105 Å². The van der Waals surface area contributed by atoms with Crippen LogP contribution in [0.1, 0.15) is 29.6 Å². The molecule has 1 saturated carbocycles. The third-order valence-corrected chi connectivity index (χ3v) is 3.57. The summed E-state index contributed by atoms with van der Waals surface area (Å²) in [5.41, 5.74) is 5.48. The standard InChI is InChI=1S/C13H17N3O3/c14-12(17)9-4-5-11(16-7-9)15-6-8-2-1-3-10(8)13(18)19/h4-5,7-8,10H,1-3,6H2,(H2,14,17)(H,15,16)(H,18,19). The molecule has 1 aromatic rings. The zero-order valence-corrected chi connectivity index (χ0v) is 10.5. The van der Waals surface area contributed by atoms with Crippen molar-refractivity contribution >= 4 is 17.7 Å². The molecule has 1 aliphatic carbocycles. The van der Waals surface area contributed by atoms with Crippen molar-refractivity contribution in [1.29, 1.82) is 0 Å². The van der Waals surface area contributed by atoms with Crippen LogP contribution >= 0.6 is 0 Å². The van der Waals surface area contributed by atoms with Crippen molar-refractivity contribution in [2.45, 2.75) is 19.3 Å². The second kappa shape index (κ2) is 5.69. The van der Waals surface area contributed by atoms with E-state index in [0.29, 0.717) is 17.9 Å². The first kappa shape index (κ1) is 13.3. The Labute approximate surface area is 111 Å². The van der Waals surface area contributed by atoms with Crippen LogP contribution < -0.4 is 11.1 Å². The lowest BCUT2D eigenvalue weighted by molar-refractivity contribution is -0.142. The molecule has 4 N–H and O–H groups in total. The highest BCUT2D eigenvalue weighted by Gasteiger charge is 2.32. The molecule has 0 saturated heterocycles. The largest absolute Gasteiger partial charge is 0.481 e. The van der Waals surface area contributed by atoms with Crippen molar-refractivity contribution in [3.05, 3.63) is 23.9 Å². The SMILES string of the molecule is NC(=O)c1ccc(NCC2CCCC2C(=O)O)nc1. The van der Waals surface area contributed by atoms with Gasteiger partial charge in [-0.05, 0) is 30.9 Å². The maximum atomic E-state index is 11.0. The molecule has 0 aromatic carbocycles. The van der Waals surface area contributed by atoms with Crippen molar-refractivity contribution in [1.82, 2.24) is 4.98 Å². The van der Waals surface area contributed by atoms with Crippen LogP contribution in [0.2, 0.25) is 0 Å². The van der Waals surface area contributed by atoms with E-state index in [9.17, 15) is 9.59 Å². The summed E-state index contributed by atoms with van der Waals surface area (Å²) in [6.07, 6.45) is 4.03. The fraction of sp³-hybridized carbons (Fsp3) is 0.462. The summed E-state index contributed by atoms with van der Waals surface area (Å²) in [4.78, 5) is 26.0. The van der Waals surface area contributed by atoms with E-state index in [-0.39, 0.29) is 11.8 Å².